The van der Waals surface area contributed by atoms with Gasteiger partial charge in [0, 0.05) is 12.1 Å². The van der Waals surface area contributed by atoms with E-state index in [9.17, 15) is 18.0 Å². The Hall–Kier alpha value is -3.07. The summed E-state index contributed by atoms with van der Waals surface area (Å²) in [6, 6.07) is 10.5. The number of methoxy groups -OCH3 is 1. The molecule has 2 aromatic carbocycles. The molecule has 1 aliphatic carbocycles. The molecule has 2 aromatic rings. The molecule has 0 radical (unpaired) electrons. The van der Waals surface area contributed by atoms with Gasteiger partial charge in [0.15, 0.2) is 0 Å². The van der Waals surface area contributed by atoms with Crippen molar-refractivity contribution < 1.29 is 22.7 Å². The molecule has 0 atom stereocenters. The Kier molecular flexibility index (Phi) is 7.97. The molecule has 9 heteroatoms. The van der Waals surface area contributed by atoms with Gasteiger partial charge in [-0.3, -0.25) is 14.3 Å². The van der Waals surface area contributed by atoms with Crippen LogP contribution in [0.3, 0.4) is 0 Å². The normalized spacial score (nSPS) is 14.5. The second-order valence-corrected chi connectivity index (χ2v) is 10.1. The molecular weight excluding hydrogens is 442 g/mol. The highest BCUT2D eigenvalue weighted by atomic mass is 32.2. The van der Waals surface area contributed by atoms with Crippen molar-refractivity contribution in [3.8, 4) is 5.75 Å². The summed E-state index contributed by atoms with van der Waals surface area (Å²) in [5.74, 6) is -0.488. The van der Waals surface area contributed by atoms with Gasteiger partial charge in [-0.15, -0.1) is 0 Å². The van der Waals surface area contributed by atoms with Gasteiger partial charge in [0.05, 0.1) is 28.8 Å². The Bertz CT molecular complexity index is 1110. The van der Waals surface area contributed by atoms with Crippen LogP contribution >= 0.6 is 0 Å². The van der Waals surface area contributed by atoms with Crippen LogP contribution in [0.4, 0.5) is 5.69 Å². The Labute approximate surface area is 195 Å². The third kappa shape index (κ3) is 6.25. The van der Waals surface area contributed by atoms with E-state index in [0.717, 1.165) is 25.7 Å². The summed E-state index contributed by atoms with van der Waals surface area (Å²) >= 11 is 0. The summed E-state index contributed by atoms with van der Waals surface area (Å²) in [6.07, 6.45) is 5.16. The maximum Gasteiger partial charge on any atom is 0.261 e. The molecule has 0 spiro atoms. The fourth-order valence-corrected chi connectivity index (χ4v) is 4.96. The minimum atomic E-state index is -4.08. The fourth-order valence-electron chi connectivity index (χ4n) is 3.86. The minimum absolute atomic E-state index is 0.0968. The van der Waals surface area contributed by atoms with E-state index >= 15 is 0 Å². The Balaban J connectivity index is 1.86. The molecular formula is C24H31N3O5S. The van der Waals surface area contributed by atoms with Crippen molar-refractivity contribution in [1.29, 1.82) is 0 Å². The van der Waals surface area contributed by atoms with Crippen molar-refractivity contribution in [2.24, 2.45) is 0 Å². The monoisotopic (exact) mass is 473 g/mol. The molecule has 8 nitrogen and oxygen atoms in total. The average Bonchev–Trinajstić information content (AvgIpc) is 2.79. The van der Waals surface area contributed by atoms with Crippen LogP contribution in [0.15, 0.2) is 47.4 Å². The number of hydrogen-bond acceptors (Lipinski definition) is 5. The van der Waals surface area contributed by atoms with Gasteiger partial charge in [-0.2, -0.15) is 0 Å². The SMILES string of the molecule is COc1ccc(S(=O)(=O)Nc2ccccc2C(=O)NC2CCCCC2)cc1C(=O)NC(C)C. The maximum atomic E-state index is 13.1. The molecule has 1 saturated carbocycles. The van der Waals surface area contributed by atoms with Crippen molar-refractivity contribution in [2.75, 3.05) is 11.8 Å². The summed E-state index contributed by atoms with van der Waals surface area (Å²) < 4.78 is 34.0. The number of sulfonamides is 1. The molecule has 3 N–H and O–H groups in total. The second kappa shape index (κ2) is 10.7. The van der Waals surface area contributed by atoms with E-state index in [2.05, 4.69) is 15.4 Å². The number of hydrogen-bond donors (Lipinski definition) is 3. The molecule has 178 valence electrons. The van der Waals surface area contributed by atoms with E-state index < -0.39 is 15.9 Å². The Morgan fingerprint density at radius 1 is 0.970 bits per heavy atom. The van der Waals surface area contributed by atoms with Crippen molar-refractivity contribution in [3.63, 3.8) is 0 Å². The third-order valence-electron chi connectivity index (χ3n) is 5.50. The lowest BCUT2D eigenvalue weighted by Crippen LogP contribution is -2.36. The van der Waals surface area contributed by atoms with Crippen LogP contribution in [-0.2, 0) is 10.0 Å². The van der Waals surface area contributed by atoms with Crippen LogP contribution in [0, 0.1) is 0 Å². The van der Waals surface area contributed by atoms with Crippen LogP contribution in [-0.4, -0.2) is 39.4 Å². The topological polar surface area (TPSA) is 114 Å². The molecule has 3 rings (SSSR count). The number of carbonyl (C=O) groups excluding carboxylic acids is 2. The van der Waals surface area contributed by atoms with Gasteiger partial charge in [0.2, 0.25) is 0 Å². The standard InChI is InChI=1S/C24H31N3O5S/c1-16(2)25-24(29)20-15-18(13-14-22(20)32-3)33(30,31)27-21-12-8-7-11-19(21)23(28)26-17-9-5-4-6-10-17/h7-8,11-17,27H,4-6,9-10H2,1-3H3,(H,25,29)(H,26,28). The molecule has 0 heterocycles. The molecule has 33 heavy (non-hydrogen) atoms. The summed E-state index contributed by atoms with van der Waals surface area (Å²) in [5, 5.41) is 5.75. The highest BCUT2D eigenvalue weighted by molar-refractivity contribution is 7.92. The van der Waals surface area contributed by atoms with Gasteiger partial charge in [0.1, 0.15) is 5.75 Å². The smallest absolute Gasteiger partial charge is 0.261 e. The number of nitrogens with one attached hydrogen (secondary N) is 3. The molecule has 1 aliphatic rings. The van der Waals surface area contributed by atoms with Gasteiger partial charge in [-0.25, -0.2) is 8.42 Å². The van der Waals surface area contributed by atoms with E-state index in [4.69, 9.17) is 4.74 Å². The zero-order chi connectivity index (χ0) is 24.0. The number of anilines is 1. The minimum Gasteiger partial charge on any atom is -0.496 e. The van der Waals surface area contributed by atoms with Crippen molar-refractivity contribution in [3.05, 3.63) is 53.6 Å². The first-order chi connectivity index (χ1) is 15.7. The van der Waals surface area contributed by atoms with Crippen LogP contribution in [0.2, 0.25) is 0 Å². The van der Waals surface area contributed by atoms with Crippen LogP contribution in [0.25, 0.3) is 0 Å². The summed E-state index contributed by atoms with van der Waals surface area (Å²) in [6.45, 7) is 3.61. The third-order valence-corrected chi connectivity index (χ3v) is 6.87. The van der Waals surface area contributed by atoms with Crippen LogP contribution in [0.1, 0.15) is 66.7 Å². The first-order valence-electron chi connectivity index (χ1n) is 11.1. The number of para-hydroxylation sites is 1. The van der Waals surface area contributed by atoms with Crippen molar-refractivity contribution in [1.82, 2.24) is 10.6 Å². The zero-order valence-electron chi connectivity index (χ0n) is 19.2. The van der Waals surface area contributed by atoms with Gasteiger partial charge in [-0.1, -0.05) is 31.4 Å². The fraction of sp³-hybridized carbons (Fsp3) is 0.417. The molecule has 0 bridgehead atoms. The summed E-state index contributed by atoms with van der Waals surface area (Å²) in [7, 11) is -2.67. The second-order valence-electron chi connectivity index (χ2n) is 8.45. The lowest BCUT2D eigenvalue weighted by Gasteiger charge is -2.23. The molecule has 2 amide bonds. The quantitative estimate of drug-likeness (QED) is 0.541. The first-order valence-corrected chi connectivity index (χ1v) is 12.6. The largest absolute Gasteiger partial charge is 0.496 e. The van der Waals surface area contributed by atoms with Crippen molar-refractivity contribution >= 4 is 27.5 Å². The van der Waals surface area contributed by atoms with Crippen LogP contribution < -0.4 is 20.1 Å². The average molecular weight is 474 g/mol. The highest BCUT2D eigenvalue weighted by Gasteiger charge is 2.23. The Morgan fingerprint density at radius 3 is 2.33 bits per heavy atom. The Morgan fingerprint density at radius 2 is 1.67 bits per heavy atom. The highest BCUT2D eigenvalue weighted by Crippen LogP contribution is 2.26. The van der Waals surface area contributed by atoms with E-state index in [1.54, 1.807) is 24.3 Å². The predicted molar refractivity (Wildman–Crippen MR) is 127 cm³/mol. The maximum absolute atomic E-state index is 13.1. The number of amides is 2. The lowest BCUT2D eigenvalue weighted by atomic mass is 9.95. The molecule has 1 fully saturated rings. The number of rotatable bonds is 8. The molecule has 0 unspecified atom stereocenters. The van der Waals surface area contributed by atoms with Gasteiger partial charge in [0.25, 0.3) is 21.8 Å². The first kappa shape index (κ1) is 24.6. The summed E-state index contributed by atoms with van der Waals surface area (Å²) in [5.41, 5.74) is 0.533. The zero-order valence-corrected chi connectivity index (χ0v) is 20.0. The molecule has 0 aliphatic heterocycles. The summed E-state index contributed by atoms with van der Waals surface area (Å²) in [4.78, 5) is 25.3. The van der Waals surface area contributed by atoms with Gasteiger partial charge >= 0.3 is 0 Å². The van der Waals surface area contributed by atoms with E-state index in [0.29, 0.717) is 0 Å². The lowest BCUT2D eigenvalue weighted by molar-refractivity contribution is 0.0924. The van der Waals surface area contributed by atoms with Gasteiger partial charge in [-0.05, 0) is 57.0 Å². The number of benzene rings is 2. The van der Waals surface area contributed by atoms with E-state index in [-0.39, 0.29) is 45.5 Å². The van der Waals surface area contributed by atoms with E-state index in [1.165, 1.54) is 31.7 Å². The molecule has 0 saturated heterocycles. The number of carbonyl (C=O) groups is 2. The molecule has 0 aromatic heterocycles. The van der Waals surface area contributed by atoms with Crippen LogP contribution in [0.5, 0.6) is 5.75 Å². The van der Waals surface area contributed by atoms with Gasteiger partial charge < -0.3 is 15.4 Å². The van der Waals surface area contributed by atoms with Crippen molar-refractivity contribution in [2.45, 2.75) is 62.9 Å². The predicted octanol–water partition coefficient (Wildman–Crippen LogP) is 3.70. The van der Waals surface area contributed by atoms with E-state index in [1.807, 2.05) is 13.8 Å². The number of ether oxygens (including phenoxy) is 1.